The highest BCUT2D eigenvalue weighted by atomic mass is 19.4. The maximum absolute atomic E-state index is 12.9. The highest BCUT2D eigenvalue weighted by Gasteiger charge is 2.34. The van der Waals surface area contributed by atoms with Gasteiger partial charge in [-0.15, -0.1) is 0 Å². The van der Waals surface area contributed by atoms with Crippen molar-refractivity contribution in [3.63, 3.8) is 0 Å². The first-order valence-electron chi connectivity index (χ1n) is 6.82. The summed E-state index contributed by atoms with van der Waals surface area (Å²) < 4.78 is 38.6. The number of hydrogen-bond donors (Lipinski definition) is 1. The number of nitrogens with one attached hydrogen (secondary N) is 1. The molecule has 1 aliphatic carbocycles. The van der Waals surface area contributed by atoms with E-state index >= 15 is 0 Å². The summed E-state index contributed by atoms with van der Waals surface area (Å²) >= 11 is 0. The molecule has 108 valence electrons. The van der Waals surface area contributed by atoms with Gasteiger partial charge >= 0.3 is 6.18 Å². The van der Waals surface area contributed by atoms with Gasteiger partial charge in [-0.05, 0) is 43.4 Å². The lowest BCUT2D eigenvalue weighted by molar-refractivity contribution is -0.137. The maximum atomic E-state index is 12.9. The topological polar surface area (TPSA) is 35.8 Å². The van der Waals surface area contributed by atoms with E-state index in [0.29, 0.717) is 11.6 Å². The standard InChI is InChI=1S/C15H17F3N2/c1-2-10-3-5-12(7-10)20-13-6-4-11(9-19)14(8-13)15(16,17)18/h4,6,8,10,12,20H,2-3,5,7H2,1H3. The molecule has 0 radical (unpaired) electrons. The average Bonchev–Trinajstić information content (AvgIpc) is 2.85. The van der Waals surface area contributed by atoms with Crippen molar-refractivity contribution < 1.29 is 13.2 Å². The van der Waals surface area contributed by atoms with E-state index in [1.807, 2.05) is 0 Å². The summed E-state index contributed by atoms with van der Waals surface area (Å²) in [6.45, 7) is 2.14. The van der Waals surface area contributed by atoms with E-state index in [1.54, 1.807) is 12.1 Å². The lowest BCUT2D eigenvalue weighted by Gasteiger charge is -2.16. The Kier molecular flexibility index (Phi) is 4.22. The average molecular weight is 282 g/mol. The molecule has 0 aliphatic heterocycles. The highest BCUT2D eigenvalue weighted by Crippen LogP contribution is 2.35. The van der Waals surface area contributed by atoms with Gasteiger partial charge in [-0.2, -0.15) is 18.4 Å². The summed E-state index contributed by atoms with van der Waals surface area (Å²) in [5.74, 6) is 0.660. The lowest BCUT2D eigenvalue weighted by atomic mass is 10.0. The summed E-state index contributed by atoms with van der Waals surface area (Å²) in [6.07, 6.45) is -0.280. The minimum atomic E-state index is -4.50. The van der Waals surface area contributed by atoms with Crippen LogP contribution in [0.25, 0.3) is 0 Å². The molecule has 0 amide bonds. The molecule has 5 heteroatoms. The number of alkyl halides is 3. The normalized spacial score (nSPS) is 22.6. The fourth-order valence-electron chi connectivity index (χ4n) is 2.78. The maximum Gasteiger partial charge on any atom is 0.417 e. The summed E-state index contributed by atoms with van der Waals surface area (Å²) in [5, 5.41) is 11.9. The zero-order valence-electron chi connectivity index (χ0n) is 11.3. The van der Waals surface area contributed by atoms with E-state index in [-0.39, 0.29) is 11.6 Å². The molecule has 2 nitrogen and oxygen atoms in total. The molecular formula is C15H17F3N2. The molecule has 1 saturated carbocycles. The van der Waals surface area contributed by atoms with Crippen LogP contribution in [0.5, 0.6) is 0 Å². The largest absolute Gasteiger partial charge is 0.417 e. The molecule has 0 saturated heterocycles. The van der Waals surface area contributed by atoms with Crippen molar-refractivity contribution in [1.82, 2.24) is 0 Å². The minimum Gasteiger partial charge on any atom is -0.382 e. The number of hydrogen-bond acceptors (Lipinski definition) is 2. The van der Waals surface area contributed by atoms with Crippen molar-refractivity contribution in [2.24, 2.45) is 5.92 Å². The molecule has 0 bridgehead atoms. The van der Waals surface area contributed by atoms with Gasteiger partial charge in [-0.25, -0.2) is 0 Å². The number of halogens is 3. The van der Waals surface area contributed by atoms with E-state index in [1.165, 1.54) is 6.07 Å². The fourth-order valence-corrected chi connectivity index (χ4v) is 2.78. The molecule has 2 unspecified atom stereocenters. The molecule has 20 heavy (non-hydrogen) atoms. The summed E-state index contributed by atoms with van der Waals surface area (Å²) in [5.41, 5.74) is -0.756. The quantitative estimate of drug-likeness (QED) is 0.881. The number of nitriles is 1. The van der Waals surface area contributed by atoms with Gasteiger partial charge in [0.1, 0.15) is 0 Å². The predicted octanol–water partition coefficient (Wildman–Crippen LogP) is 4.57. The molecule has 1 N–H and O–H groups in total. The van der Waals surface area contributed by atoms with E-state index < -0.39 is 11.7 Å². The number of nitrogens with zero attached hydrogens (tertiary/aromatic N) is 1. The van der Waals surface area contributed by atoms with Crippen LogP contribution in [-0.4, -0.2) is 6.04 Å². The van der Waals surface area contributed by atoms with Gasteiger partial charge in [0.25, 0.3) is 0 Å². The van der Waals surface area contributed by atoms with Crippen molar-refractivity contribution in [2.45, 2.75) is 44.8 Å². The summed E-state index contributed by atoms with van der Waals surface area (Å²) in [4.78, 5) is 0. The molecule has 2 atom stereocenters. The molecule has 1 aliphatic rings. The van der Waals surface area contributed by atoms with Gasteiger partial charge in [0.05, 0.1) is 17.2 Å². The highest BCUT2D eigenvalue weighted by molar-refractivity contribution is 5.53. The number of rotatable bonds is 3. The van der Waals surface area contributed by atoms with E-state index in [2.05, 4.69) is 12.2 Å². The Morgan fingerprint density at radius 1 is 1.35 bits per heavy atom. The smallest absolute Gasteiger partial charge is 0.382 e. The van der Waals surface area contributed by atoms with Gasteiger partial charge in [0.2, 0.25) is 0 Å². The third-order valence-electron chi connectivity index (χ3n) is 3.93. The van der Waals surface area contributed by atoms with Crippen LogP contribution in [0, 0.1) is 17.2 Å². The van der Waals surface area contributed by atoms with Crippen LogP contribution < -0.4 is 5.32 Å². The Labute approximate surface area is 116 Å². The Hall–Kier alpha value is -1.70. The third kappa shape index (κ3) is 3.24. The van der Waals surface area contributed by atoms with E-state index in [0.717, 1.165) is 31.7 Å². The van der Waals surface area contributed by atoms with E-state index in [9.17, 15) is 13.2 Å². The van der Waals surface area contributed by atoms with Crippen molar-refractivity contribution in [3.05, 3.63) is 29.3 Å². The molecule has 2 rings (SSSR count). The summed E-state index contributed by atoms with van der Waals surface area (Å²) in [6, 6.07) is 5.64. The Morgan fingerprint density at radius 3 is 2.65 bits per heavy atom. The first-order chi connectivity index (χ1) is 9.44. The lowest BCUT2D eigenvalue weighted by Crippen LogP contribution is -2.16. The monoisotopic (exact) mass is 282 g/mol. The molecule has 0 aromatic heterocycles. The first-order valence-corrected chi connectivity index (χ1v) is 6.82. The predicted molar refractivity (Wildman–Crippen MR) is 71.2 cm³/mol. The molecule has 1 aromatic carbocycles. The number of benzene rings is 1. The molecule has 1 fully saturated rings. The minimum absolute atomic E-state index is 0.231. The molecule has 1 aromatic rings. The van der Waals surface area contributed by atoms with Gasteiger partial charge in [0.15, 0.2) is 0 Å². The fraction of sp³-hybridized carbons (Fsp3) is 0.533. The van der Waals surface area contributed by atoms with Crippen LogP contribution in [-0.2, 0) is 6.18 Å². The van der Waals surface area contributed by atoms with Crippen LogP contribution in [0.3, 0.4) is 0 Å². The van der Waals surface area contributed by atoms with Crippen molar-refractivity contribution >= 4 is 5.69 Å². The van der Waals surface area contributed by atoms with Crippen LogP contribution in [0.2, 0.25) is 0 Å². The van der Waals surface area contributed by atoms with Gasteiger partial charge in [-0.1, -0.05) is 13.3 Å². The van der Waals surface area contributed by atoms with E-state index in [4.69, 9.17) is 5.26 Å². The van der Waals surface area contributed by atoms with Crippen LogP contribution in [0.4, 0.5) is 18.9 Å². The molecular weight excluding hydrogens is 265 g/mol. The first kappa shape index (κ1) is 14.7. The van der Waals surface area contributed by atoms with Crippen LogP contribution in [0.15, 0.2) is 18.2 Å². The second kappa shape index (κ2) is 5.74. The second-order valence-corrected chi connectivity index (χ2v) is 5.30. The van der Waals surface area contributed by atoms with Crippen LogP contribution >= 0.6 is 0 Å². The Balaban J connectivity index is 2.16. The Bertz CT molecular complexity index is 517. The SMILES string of the molecule is CCC1CCC(Nc2ccc(C#N)c(C(F)(F)F)c2)C1. The third-order valence-corrected chi connectivity index (χ3v) is 3.93. The van der Waals surface area contributed by atoms with Crippen molar-refractivity contribution in [1.29, 1.82) is 5.26 Å². The van der Waals surface area contributed by atoms with Gasteiger partial charge in [-0.3, -0.25) is 0 Å². The Morgan fingerprint density at radius 2 is 2.10 bits per heavy atom. The molecule has 0 heterocycles. The number of anilines is 1. The molecule has 0 spiro atoms. The second-order valence-electron chi connectivity index (χ2n) is 5.30. The van der Waals surface area contributed by atoms with Crippen molar-refractivity contribution in [2.75, 3.05) is 5.32 Å². The van der Waals surface area contributed by atoms with Gasteiger partial charge < -0.3 is 5.32 Å². The van der Waals surface area contributed by atoms with Crippen LogP contribution in [0.1, 0.15) is 43.7 Å². The zero-order chi connectivity index (χ0) is 14.8. The van der Waals surface area contributed by atoms with Crippen molar-refractivity contribution in [3.8, 4) is 6.07 Å². The zero-order valence-corrected chi connectivity index (χ0v) is 11.3. The summed E-state index contributed by atoms with van der Waals surface area (Å²) in [7, 11) is 0. The van der Waals surface area contributed by atoms with Gasteiger partial charge in [0, 0.05) is 11.7 Å².